The second-order valence-electron chi connectivity index (χ2n) is 27.8. The van der Waals surface area contributed by atoms with Crippen LogP contribution in [0.15, 0.2) is 4.42 Å². The van der Waals surface area contributed by atoms with E-state index in [4.69, 9.17) is 4.42 Å². The van der Waals surface area contributed by atoms with Gasteiger partial charge in [-0.05, 0) is 114 Å². The lowest BCUT2D eigenvalue weighted by Gasteiger charge is -2.33. The van der Waals surface area contributed by atoms with Crippen LogP contribution in [-0.2, 0) is 0 Å². The Morgan fingerprint density at radius 3 is 0.624 bits per heavy atom. The van der Waals surface area contributed by atoms with Crippen molar-refractivity contribution in [2.45, 2.75) is 0 Å². The van der Waals surface area contributed by atoms with Gasteiger partial charge in [-0.1, -0.05) is 137 Å². The number of benzene rings is 12. The third-order valence-electron chi connectivity index (χ3n) is 24.7. The summed E-state index contributed by atoms with van der Waals surface area (Å²) in [6.07, 6.45) is 0. The number of hydrogen-bond acceptors (Lipinski definition) is 1. The Morgan fingerprint density at radius 1 is 0.106 bits per heavy atom. The van der Waals surface area contributed by atoms with Crippen LogP contribution in [0.2, 0.25) is 0 Å². The van der Waals surface area contributed by atoms with Crippen molar-refractivity contribution in [3.8, 4) is 33.4 Å². The molecule has 0 fully saturated rings. The first-order valence-corrected chi connectivity index (χ1v) is 31.7. The van der Waals surface area contributed by atoms with E-state index in [1.165, 1.54) is 283 Å². The summed E-state index contributed by atoms with van der Waals surface area (Å²) in [4.78, 5) is 0. The molecule has 0 aliphatic heterocycles. The van der Waals surface area contributed by atoms with E-state index in [1.54, 1.807) is 0 Å². The molecule has 85 heavy (non-hydrogen) atoms. The summed E-state index contributed by atoms with van der Waals surface area (Å²) in [5.41, 5.74) is 51.5. The van der Waals surface area contributed by atoms with Gasteiger partial charge in [0.05, 0.1) is 0 Å². The zero-order chi connectivity index (χ0) is 61.9. The van der Waals surface area contributed by atoms with Crippen molar-refractivity contribution in [2.75, 3.05) is 0 Å². The van der Waals surface area contributed by atoms with Gasteiger partial charge in [-0.15, -0.1) is 21.9 Å². The van der Waals surface area contributed by atoms with Crippen LogP contribution in [0, 0.1) is 0 Å². The molecule has 31 heteroatoms. The standard InChI is InChI=1S/C54H60B30O/c55-23-15(7-5-1-3-11(34(66)28(5)60)40(72)48(80)42(74)13(3)38(70)36(68)9(1)32(64)30(7)62)24(56)17(18-26(58)22-21-27(59)19-20(45(77)51(83)50(82)44(19)76)47(79)53(21)85-54(22)52(84)46(18)78)25(57)16(23)8-6-2-4-12(35(67)29(6)61)41(73)49(81)43(75)14(4)39(71)37(69)10(2)33(65)31(8)63/h55-84H2. The van der Waals surface area contributed by atoms with Crippen LogP contribution in [0.3, 0.4) is 0 Å². The second kappa shape index (κ2) is 19.1. The summed E-state index contributed by atoms with van der Waals surface area (Å²) >= 11 is 0. The summed E-state index contributed by atoms with van der Waals surface area (Å²) in [5.74, 6) is 0. The lowest BCUT2D eigenvalue weighted by atomic mass is 9.55. The van der Waals surface area contributed by atoms with Crippen molar-refractivity contribution in [3.05, 3.63) is 0 Å². The van der Waals surface area contributed by atoms with Crippen LogP contribution < -0.4 is 164 Å². The van der Waals surface area contributed by atoms with Gasteiger partial charge in [-0.2, -0.15) is 0 Å². The first-order chi connectivity index (χ1) is 39.8. The number of rotatable bonds is 3. The minimum atomic E-state index is 1.02. The predicted octanol–water partition coefficient (Wildman–Crippen LogP) is -36.7. The lowest BCUT2D eigenvalue weighted by molar-refractivity contribution is 0.675. The summed E-state index contributed by atoms with van der Waals surface area (Å²) < 4.78 is 7.39. The molecule has 13 rings (SSSR count). The van der Waals surface area contributed by atoms with Crippen molar-refractivity contribution in [3.63, 3.8) is 0 Å². The molecule has 1 nitrogen and oxygen atoms in total. The highest BCUT2D eigenvalue weighted by molar-refractivity contribution is 6.80. The molecule has 0 bridgehead atoms. The van der Waals surface area contributed by atoms with Crippen LogP contribution in [0.25, 0.3) is 131 Å². The fraction of sp³-hybridized carbons (Fsp3) is 0. The molecule has 0 saturated carbocycles. The minimum Gasteiger partial charge on any atom is -0.457 e. The average Bonchev–Trinajstić information content (AvgIpc) is 0.907. The van der Waals surface area contributed by atoms with Gasteiger partial charge in [0.15, 0.2) is 0 Å². The van der Waals surface area contributed by atoms with E-state index >= 15 is 0 Å². The molecule has 0 N–H and O–H groups in total. The van der Waals surface area contributed by atoms with Gasteiger partial charge >= 0.3 is 0 Å². The molecular weight excluding hydrogens is 989 g/mol. The topological polar surface area (TPSA) is 13.1 Å². The van der Waals surface area contributed by atoms with Crippen molar-refractivity contribution >= 4 is 497 Å². The van der Waals surface area contributed by atoms with E-state index in [1.807, 2.05) is 0 Å². The molecule has 1 aromatic heterocycles. The molecule has 0 saturated heterocycles. The van der Waals surface area contributed by atoms with E-state index in [2.05, 4.69) is 235 Å². The Labute approximate surface area is 530 Å². The fourth-order valence-electron chi connectivity index (χ4n) is 18.6. The van der Waals surface area contributed by atoms with E-state index in [0.29, 0.717) is 0 Å². The van der Waals surface area contributed by atoms with Gasteiger partial charge in [0.1, 0.15) is 247 Å². The van der Waals surface area contributed by atoms with Gasteiger partial charge in [-0.25, -0.2) is 0 Å². The molecule has 0 spiro atoms. The molecule has 0 amide bonds. The Balaban J connectivity index is 1.32. The molecule has 0 aliphatic carbocycles. The third-order valence-corrected chi connectivity index (χ3v) is 24.7. The fourth-order valence-corrected chi connectivity index (χ4v) is 18.6. The van der Waals surface area contributed by atoms with Gasteiger partial charge in [-0.3, -0.25) is 0 Å². The second-order valence-corrected chi connectivity index (χ2v) is 27.8. The SMILES string of the molecule is Bc1c(-c2c(B)c(B)c3oc4c(B)c5c(B)c(B)c(B)c(B)c5c(B)c4c3c2B)c(B)c(-c2c(B)c(B)c3c(B)c(B)c4c(B)c(B)c(B)c5c(B)c(B)c2c3c45)c(B)c1-c1c(B)c(B)c2c(B)c(B)c3c(B)c(B)c(B)c4c(B)c(B)c1c2c34. The third kappa shape index (κ3) is 6.92. The van der Waals surface area contributed by atoms with E-state index in [9.17, 15) is 0 Å². The first kappa shape index (κ1) is 58.7. The first-order valence-electron chi connectivity index (χ1n) is 31.7. The van der Waals surface area contributed by atoms with Crippen LogP contribution in [-0.4, -0.2) is 235 Å². The van der Waals surface area contributed by atoms with E-state index < -0.39 is 0 Å². The Kier molecular flexibility index (Phi) is 13.2. The maximum absolute atomic E-state index is 7.39. The molecule has 0 radical (unpaired) electrons. The zero-order valence-corrected chi connectivity index (χ0v) is 57.4. The van der Waals surface area contributed by atoms with Gasteiger partial charge in [0.2, 0.25) is 0 Å². The predicted molar refractivity (Wildman–Crippen MR) is 480 cm³/mol. The molecule has 1 heterocycles. The highest BCUT2D eigenvalue weighted by Crippen LogP contribution is 2.38. The lowest BCUT2D eigenvalue weighted by Crippen LogP contribution is -2.50. The largest absolute Gasteiger partial charge is 0.457 e. The monoisotopic (exact) mass is 1050 g/mol. The Morgan fingerprint density at radius 2 is 0.294 bits per heavy atom. The highest BCUT2D eigenvalue weighted by atomic mass is 16.3. The minimum absolute atomic E-state index is 1.02. The zero-order valence-electron chi connectivity index (χ0n) is 57.4. The molecule has 0 atom stereocenters. The summed E-state index contributed by atoms with van der Waals surface area (Å²) in [6, 6.07) is 0. The quantitative estimate of drug-likeness (QED) is 0.127. The number of hydrogen-bond donors (Lipinski definition) is 0. The Hall–Kier alpha value is -5.27. The van der Waals surface area contributed by atoms with Crippen LogP contribution in [0.4, 0.5) is 0 Å². The number of furan rings is 1. The summed E-state index contributed by atoms with van der Waals surface area (Å²) in [6.45, 7) is 0. The average molecular weight is 1050 g/mol. The van der Waals surface area contributed by atoms with Crippen molar-refractivity contribution in [2.24, 2.45) is 0 Å². The van der Waals surface area contributed by atoms with Crippen LogP contribution in [0.1, 0.15) is 0 Å². The summed E-state index contributed by atoms with van der Waals surface area (Å²) in [7, 11) is 72.1. The molecule has 13 aromatic rings. The van der Waals surface area contributed by atoms with Crippen LogP contribution >= 0.6 is 0 Å². The normalized spacial score (nSPS) is 12.2. The van der Waals surface area contributed by atoms with Crippen molar-refractivity contribution < 1.29 is 4.42 Å². The summed E-state index contributed by atoms with van der Waals surface area (Å²) in [5, 5.41) is 22.5. The molecular formula is C54H60B30O. The van der Waals surface area contributed by atoms with E-state index in [-0.39, 0.29) is 0 Å². The molecule has 0 unspecified atom stereocenters. The molecule has 0 aliphatic rings. The van der Waals surface area contributed by atoms with E-state index in [0.717, 1.165) is 11.2 Å². The Bertz CT molecular complexity index is 5190. The maximum atomic E-state index is 7.39. The maximum Gasteiger partial charge on any atom is 0.145 e. The number of fused-ring (bicyclic) bond motifs is 4. The van der Waals surface area contributed by atoms with Crippen LogP contribution in [0.5, 0.6) is 0 Å². The van der Waals surface area contributed by atoms with Gasteiger partial charge in [0, 0.05) is 10.8 Å². The van der Waals surface area contributed by atoms with Crippen molar-refractivity contribution in [1.29, 1.82) is 0 Å². The molecule has 372 valence electrons. The molecule has 12 aromatic carbocycles. The smallest absolute Gasteiger partial charge is 0.145 e. The van der Waals surface area contributed by atoms with Crippen molar-refractivity contribution in [1.82, 2.24) is 0 Å². The van der Waals surface area contributed by atoms with Gasteiger partial charge < -0.3 is 4.42 Å². The van der Waals surface area contributed by atoms with Gasteiger partial charge in [0.25, 0.3) is 0 Å². The highest BCUT2D eigenvalue weighted by Gasteiger charge is 2.34.